The summed E-state index contributed by atoms with van der Waals surface area (Å²) in [5.74, 6) is 1.26. The summed E-state index contributed by atoms with van der Waals surface area (Å²) in [6, 6.07) is 17.0. The Bertz CT molecular complexity index is 951. The minimum absolute atomic E-state index is 0.190. The van der Waals surface area contributed by atoms with Crippen molar-refractivity contribution in [3.8, 4) is 11.5 Å². The first-order valence-electron chi connectivity index (χ1n) is 9.02. The first kappa shape index (κ1) is 20.1. The normalized spacial score (nSPS) is 10.3. The predicted octanol–water partition coefficient (Wildman–Crippen LogP) is 3.30. The number of halogens is 1. The van der Waals surface area contributed by atoms with E-state index >= 15 is 0 Å². The highest BCUT2D eigenvalue weighted by atomic mass is 19.1. The number of carbonyl (C=O) groups is 1. The number of ether oxygens (including phenoxy) is 2. The van der Waals surface area contributed by atoms with Gasteiger partial charge in [0.05, 0.1) is 7.11 Å². The van der Waals surface area contributed by atoms with Crippen molar-refractivity contribution in [2.24, 2.45) is 0 Å². The molecule has 0 radical (unpaired) electrons. The van der Waals surface area contributed by atoms with Crippen molar-refractivity contribution in [3.63, 3.8) is 0 Å². The molecular weight excluding hydrogens is 375 g/mol. The summed E-state index contributed by atoms with van der Waals surface area (Å²) in [5.41, 5.74) is 0.631. The fourth-order valence-electron chi connectivity index (χ4n) is 2.58. The summed E-state index contributed by atoms with van der Waals surface area (Å²) in [4.78, 5) is 12.0. The number of aromatic nitrogens is 2. The van der Waals surface area contributed by atoms with Gasteiger partial charge in [0.1, 0.15) is 11.6 Å². The summed E-state index contributed by atoms with van der Waals surface area (Å²) in [5, 5.41) is 13.6. The Morgan fingerprint density at radius 2 is 1.66 bits per heavy atom. The van der Waals surface area contributed by atoms with Gasteiger partial charge in [0.2, 0.25) is 0 Å². The van der Waals surface area contributed by atoms with Gasteiger partial charge in [-0.2, -0.15) is 0 Å². The van der Waals surface area contributed by atoms with Crippen molar-refractivity contribution in [1.82, 2.24) is 10.2 Å². The molecule has 0 atom stereocenters. The van der Waals surface area contributed by atoms with Crippen molar-refractivity contribution >= 4 is 17.5 Å². The van der Waals surface area contributed by atoms with Gasteiger partial charge in [0.25, 0.3) is 5.91 Å². The molecule has 150 valence electrons. The van der Waals surface area contributed by atoms with Crippen molar-refractivity contribution < 1.29 is 18.7 Å². The smallest absolute Gasteiger partial charge is 0.263 e. The Morgan fingerprint density at radius 1 is 0.966 bits per heavy atom. The zero-order valence-electron chi connectivity index (χ0n) is 15.9. The zero-order valence-corrected chi connectivity index (χ0v) is 15.9. The number of nitrogens with one attached hydrogen (secondary N) is 2. The van der Waals surface area contributed by atoms with E-state index in [2.05, 4.69) is 20.8 Å². The molecule has 29 heavy (non-hydrogen) atoms. The average Bonchev–Trinajstić information content (AvgIpc) is 2.75. The minimum Gasteiger partial charge on any atom is -0.493 e. The van der Waals surface area contributed by atoms with Gasteiger partial charge in [-0.1, -0.05) is 30.3 Å². The lowest BCUT2D eigenvalue weighted by Crippen LogP contribution is -2.21. The van der Waals surface area contributed by atoms with Gasteiger partial charge in [0, 0.05) is 6.54 Å². The van der Waals surface area contributed by atoms with E-state index in [9.17, 15) is 9.18 Å². The van der Waals surface area contributed by atoms with Gasteiger partial charge in [-0.05, 0) is 42.3 Å². The van der Waals surface area contributed by atoms with E-state index in [0.717, 1.165) is 0 Å². The van der Waals surface area contributed by atoms with Crippen LogP contribution < -0.4 is 20.1 Å². The van der Waals surface area contributed by atoms with Gasteiger partial charge >= 0.3 is 0 Å². The molecule has 2 N–H and O–H groups in total. The molecule has 1 heterocycles. The molecule has 0 fully saturated rings. The molecule has 0 aliphatic rings. The van der Waals surface area contributed by atoms with E-state index in [1.807, 2.05) is 6.07 Å². The van der Waals surface area contributed by atoms with Crippen LogP contribution in [0.15, 0.2) is 60.7 Å². The van der Waals surface area contributed by atoms with E-state index in [0.29, 0.717) is 41.7 Å². The van der Waals surface area contributed by atoms with Crippen LogP contribution in [-0.2, 0) is 11.2 Å². The van der Waals surface area contributed by atoms with E-state index in [1.54, 1.807) is 48.5 Å². The summed E-state index contributed by atoms with van der Waals surface area (Å²) in [6.45, 7) is 0.318. The highest BCUT2D eigenvalue weighted by Gasteiger charge is 2.08. The van der Waals surface area contributed by atoms with Crippen LogP contribution in [-0.4, -0.2) is 36.4 Å². The van der Waals surface area contributed by atoms with Crippen LogP contribution in [0.1, 0.15) is 5.56 Å². The fraction of sp³-hybridized carbons (Fsp3) is 0.190. The first-order valence-corrected chi connectivity index (χ1v) is 9.02. The average molecular weight is 396 g/mol. The summed E-state index contributed by atoms with van der Waals surface area (Å²) in [6.07, 6.45) is 0.521. The fourth-order valence-corrected chi connectivity index (χ4v) is 2.58. The number of amides is 1. The molecular formula is C21H21FN4O3. The van der Waals surface area contributed by atoms with Gasteiger partial charge in [0.15, 0.2) is 23.9 Å². The predicted molar refractivity (Wildman–Crippen MR) is 108 cm³/mol. The van der Waals surface area contributed by atoms with Crippen LogP contribution >= 0.6 is 0 Å². The molecule has 0 saturated carbocycles. The van der Waals surface area contributed by atoms with Crippen molar-refractivity contribution in [3.05, 3.63) is 72.0 Å². The molecule has 8 heteroatoms. The van der Waals surface area contributed by atoms with Crippen LogP contribution in [0, 0.1) is 5.82 Å². The SMILES string of the molecule is COc1ccccc1OCC(=O)Nc1ccc(NCCc2ccccc2F)nn1. The molecule has 0 spiro atoms. The maximum atomic E-state index is 13.6. The number of anilines is 2. The molecule has 0 unspecified atom stereocenters. The third kappa shape index (κ3) is 5.90. The highest BCUT2D eigenvalue weighted by Crippen LogP contribution is 2.25. The summed E-state index contributed by atoms with van der Waals surface area (Å²) >= 11 is 0. The molecule has 1 aromatic heterocycles. The van der Waals surface area contributed by atoms with Gasteiger partial charge < -0.3 is 20.1 Å². The number of rotatable bonds is 9. The molecule has 0 aliphatic carbocycles. The third-order valence-corrected chi connectivity index (χ3v) is 4.02. The van der Waals surface area contributed by atoms with Crippen molar-refractivity contribution in [2.75, 3.05) is 30.9 Å². The second-order valence-electron chi connectivity index (χ2n) is 6.06. The molecule has 0 saturated heterocycles. The third-order valence-electron chi connectivity index (χ3n) is 4.02. The molecule has 2 aromatic carbocycles. The number of benzene rings is 2. The second-order valence-corrected chi connectivity index (χ2v) is 6.06. The van der Waals surface area contributed by atoms with Gasteiger partial charge in [-0.15, -0.1) is 10.2 Å². The largest absolute Gasteiger partial charge is 0.493 e. The number of nitrogens with zero attached hydrogens (tertiary/aromatic N) is 2. The Balaban J connectivity index is 1.45. The molecule has 3 aromatic rings. The Hall–Kier alpha value is -3.68. The molecule has 0 aliphatic heterocycles. The Kier molecular flexibility index (Phi) is 6.94. The van der Waals surface area contributed by atoms with E-state index < -0.39 is 0 Å². The highest BCUT2D eigenvalue weighted by molar-refractivity contribution is 5.90. The Morgan fingerprint density at radius 3 is 2.38 bits per heavy atom. The summed E-state index contributed by atoms with van der Waals surface area (Å²) in [7, 11) is 1.53. The lowest BCUT2D eigenvalue weighted by Gasteiger charge is -2.10. The van der Waals surface area contributed by atoms with Crippen LogP contribution in [0.2, 0.25) is 0 Å². The van der Waals surface area contributed by atoms with Crippen LogP contribution in [0.4, 0.5) is 16.0 Å². The van der Waals surface area contributed by atoms with E-state index in [-0.39, 0.29) is 18.3 Å². The first-order chi connectivity index (χ1) is 14.2. The molecule has 0 bridgehead atoms. The number of methoxy groups -OCH3 is 1. The second kappa shape index (κ2) is 10.0. The van der Waals surface area contributed by atoms with Gasteiger partial charge in [-0.3, -0.25) is 4.79 Å². The quantitative estimate of drug-likeness (QED) is 0.577. The minimum atomic E-state index is -0.370. The lowest BCUT2D eigenvalue weighted by molar-refractivity contribution is -0.118. The summed E-state index contributed by atoms with van der Waals surface area (Å²) < 4.78 is 24.2. The maximum absolute atomic E-state index is 13.6. The van der Waals surface area contributed by atoms with Gasteiger partial charge in [-0.25, -0.2) is 4.39 Å². The lowest BCUT2D eigenvalue weighted by atomic mass is 10.1. The molecule has 7 nitrogen and oxygen atoms in total. The van der Waals surface area contributed by atoms with E-state index in [4.69, 9.17) is 9.47 Å². The monoisotopic (exact) mass is 396 g/mol. The van der Waals surface area contributed by atoms with Crippen molar-refractivity contribution in [2.45, 2.75) is 6.42 Å². The van der Waals surface area contributed by atoms with Crippen molar-refractivity contribution in [1.29, 1.82) is 0 Å². The topological polar surface area (TPSA) is 85.4 Å². The standard InChI is InChI=1S/C21H21FN4O3/c1-28-17-8-4-5-9-18(17)29-14-21(27)24-20-11-10-19(25-26-20)23-13-12-15-6-2-3-7-16(15)22/h2-11H,12-14H2,1H3,(H,23,25)(H,24,26,27). The van der Waals surface area contributed by atoms with Crippen LogP contribution in [0.5, 0.6) is 11.5 Å². The van der Waals surface area contributed by atoms with Crippen LogP contribution in [0.25, 0.3) is 0 Å². The number of para-hydroxylation sites is 2. The molecule has 1 amide bonds. The maximum Gasteiger partial charge on any atom is 0.263 e. The van der Waals surface area contributed by atoms with Crippen LogP contribution in [0.3, 0.4) is 0 Å². The Labute approximate surface area is 167 Å². The zero-order chi connectivity index (χ0) is 20.5. The number of hydrogen-bond donors (Lipinski definition) is 2. The number of carbonyl (C=O) groups excluding carboxylic acids is 1. The van der Waals surface area contributed by atoms with E-state index in [1.165, 1.54) is 13.2 Å². The molecule has 3 rings (SSSR count). The number of hydrogen-bond acceptors (Lipinski definition) is 6.